The van der Waals surface area contributed by atoms with Gasteiger partial charge in [-0.3, -0.25) is 4.79 Å². The molecule has 8 heteroatoms. The summed E-state index contributed by atoms with van der Waals surface area (Å²) in [5, 5.41) is 14.8. The van der Waals surface area contributed by atoms with Gasteiger partial charge >= 0.3 is 6.09 Å². The third kappa shape index (κ3) is 5.47. The third-order valence-corrected chi connectivity index (χ3v) is 4.86. The molecule has 3 rings (SSSR count). The van der Waals surface area contributed by atoms with E-state index >= 15 is 0 Å². The average Bonchev–Trinajstić information content (AvgIpc) is 2.81. The maximum atomic E-state index is 12.8. The molecule has 0 bridgehead atoms. The van der Waals surface area contributed by atoms with Crippen molar-refractivity contribution in [3.05, 3.63) is 77.9 Å². The summed E-state index contributed by atoms with van der Waals surface area (Å²) < 4.78 is 5.09. The molecule has 33 heavy (non-hydrogen) atoms. The number of nitrogens with zero attached hydrogens (tertiary/aromatic N) is 3. The van der Waals surface area contributed by atoms with E-state index in [0.717, 1.165) is 11.1 Å². The average molecular weight is 444 g/mol. The number of hydrogen-bond acceptors (Lipinski definition) is 6. The summed E-state index contributed by atoms with van der Waals surface area (Å²) >= 11 is 0. The van der Waals surface area contributed by atoms with Crippen LogP contribution in [-0.4, -0.2) is 37.7 Å². The Morgan fingerprint density at radius 1 is 1.00 bits per heavy atom. The van der Waals surface area contributed by atoms with Crippen LogP contribution in [0.4, 0.5) is 21.9 Å². The van der Waals surface area contributed by atoms with Gasteiger partial charge in [-0.15, -0.1) is 0 Å². The standard InChI is InChI=1S/C25H25N5O3/c1-4-33-25(32)30(29(2)3)21-12-9-19(10-13-21)24(31)28-23-15-20(11-14-22(23)27)18-7-5-17(16-26)6-8-18/h5-15H,4,27H2,1-3H3,(H,28,31). The van der Waals surface area contributed by atoms with Crippen LogP contribution in [0.15, 0.2) is 66.7 Å². The van der Waals surface area contributed by atoms with E-state index in [1.807, 2.05) is 18.2 Å². The van der Waals surface area contributed by atoms with Crippen molar-refractivity contribution in [2.45, 2.75) is 6.92 Å². The summed E-state index contributed by atoms with van der Waals surface area (Å²) in [5.74, 6) is -0.335. The predicted octanol–water partition coefficient (Wildman–Crippen LogP) is 4.50. The van der Waals surface area contributed by atoms with Crippen LogP contribution in [0.25, 0.3) is 11.1 Å². The van der Waals surface area contributed by atoms with Crippen LogP contribution < -0.4 is 16.1 Å². The summed E-state index contributed by atoms with van der Waals surface area (Å²) in [4.78, 5) is 25.1. The highest BCUT2D eigenvalue weighted by molar-refractivity contribution is 6.06. The van der Waals surface area contributed by atoms with Crippen molar-refractivity contribution in [2.24, 2.45) is 0 Å². The van der Waals surface area contributed by atoms with Crippen molar-refractivity contribution < 1.29 is 14.3 Å². The highest BCUT2D eigenvalue weighted by Crippen LogP contribution is 2.28. The largest absolute Gasteiger partial charge is 0.448 e. The SMILES string of the molecule is CCOC(=O)N(c1ccc(C(=O)Nc2cc(-c3ccc(C#N)cc3)ccc2N)cc1)N(C)C. The minimum Gasteiger partial charge on any atom is -0.448 e. The first-order valence-corrected chi connectivity index (χ1v) is 10.3. The molecule has 3 aromatic carbocycles. The Bertz CT molecular complexity index is 1180. The van der Waals surface area contributed by atoms with Gasteiger partial charge in [0.05, 0.1) is 35.3 Å². The molecule has 3 aromatic rings. The Labute approximate surface area is 192 Å². The highest BCUT2D eigenvalue weighted by atomic mass is 16.6. The molecule has 168 valence electrons. The van der Waals surface area contributed by atoms with Crippen molar-refractivity contribution in [2.75, 3.05) is 36.8 Å². The Morgan fingerprint density at radius 2 is 1.64 bits per heavy atom. The highest BCUT2D eigenvalue weighted by Gasteiger charge is 2.20. The topological polar surface area (TPSA) is 112 Å². The van der Waals surface area contributed by atoms with Crippen molar-refractivity contribution in [1.29, 1.82) is 5.26 Å². The van der Waals surface area contributed by atoms with Gasteiger partial charge in [0, 0.05) is 19.7 Å². The number of ether oxygens (including phenoxy) is 1. The van der Waals surface area contributed by atoms with Gasteiger partial charge in [-0.25, -0.2) is 14.8 Å². The zero-order valence-corrected chi connectivity index (χ0v) is 18.7. The minimum absolute atomic E-state index is 0.257. The summed E-state index contributed by atoms with van der Waals surface area (Å²) in [6.45, 7) is 1.99. The van der Waals surface area contributed by atoms with Crippen LogP contribution in [0.5, 0.6) is 0 Å². The van der Waals surface area contributed by atoms with Crippen LogP contribution in [0, 0.1) is 11.3 Å². The van der Waals surface area contributed by atoms with E-state index in [0.29, 0.717) is 28.2 Å². The Hall–Kier alpha value is -4.35. The van der Waals surface area contributed by atoms with Gasteiger partial charge in [0.1, 0.15) is 0 Å². The van der Waals surface area contributed by atoms with Crippen molar-refractivity contribution in [1.82, 2.24) is 5.01 Å². The number of nitriles is 1. The smallest absolute Gasteiger partial charge is 0.429 e. The second-order valence-electron chi connectivity index (χ2n) is 7.35. The first-order chi connectivity index (χ1) is 15.8. The van der Waals surface area contributed by atoms with Crippen molar-refractivity contribution in [3.63, 3.8) is 0 Å². The lowest BCUT2D eigenvalue weighted by atomic mass is 10.0. The lowest BCUT2D eigenvalue weighted by molar-refractivity contribution is 0.102. The van der Waals surface area contributed by atoms with Crippen LogP contribution in [0.3, 0.4) is 0 Å². The number of rotatable bonds is 6. The predicted molar refractivity (Wildman–Crippen MR) is 129 cm³/mol. The lowest BCUT2D eigenvalue weighted by Gasteiger charge is -2.27. The van der Waals surface area contributed by atoms with Gasteiger partial charge in [0.25, 0.3) is 5.91 Å². The number of anilines is 3. The van der Waals surface area contributed by atoms with E-state index in [4.69, 9.17) is 15.7 Å². The van der Waals surface area contributed by atoms with Gasteiger partial charge in [-0.05, 0) is 66.6 Å². The maximum Gasteiger partial charge on any atom is 0.429 e. The fourth-order valence-corrected chi connectivity index (χ4v) is 3.21. The van der Waals surface area contributed by atoms with Crippen LogP contribution in [0.1, 0.15) is 22.8 Å². The molecule has 0 aromatic heterocycles. The Kier molecular flexibility index (Phi) is 7.28. The van der Waals surface area contributed by atoms with Crippen molar-refractivity contribution >= 4 is 29.1 Å². The molecule has 8 nitrogen and oxygen atoms in total. The molecule has 0 aliphatic heterocycles. The van der Waals surface area contributed by atoms with E-state index in [9.17, 15) is 9.59 Å². The number of hydrogen-bond donors (Lipinski definition) is 2. The number of nitrogen functional groups attached to an aromatic ring is 1. The van der Waals surface area contributed by atoms with Gasteiger partial charge in [-0.1, -0.05) is 18.2 Å². The zero-order valence-electron chi connectivity index (χ0n) is 18.7. The van der Waals surface area contributed by atoms with E-state index in [2.05, 4.69) is 11.4 Å². The molecular formula is C25H25N5O3. The molecule has 2 amide bonds. The molecule has 0 fully saturated rings. The molecule has 0 spiro atoms. The van der Waals surface area contributed by atoms with Crippen LogP contribution in [0.2, 0.25) is 0 Å². The van der Waals surface area contributed by atoms with Crippen LogP contribution in [-0.2, 0) is 4.74 Å². The quantitative estimate of drug-likeness (QED) is 0.429. The molecule has 0 aliphatic carbocycles. The normalized spacial score (nSPS) is 10.4. The second-order valence-corrected chi connectivity index (χ2v) is 7.35. The third-order valence-electron chi connectivity index (χ3n) is 4.86. The number of carbonyl (C=O) groups excluding carboxylic acids is 2. The van der Waals surface area contributed by atoms with Gasteiger partial charge in [0.2, 0.25) is 0 Å². The zero-order chi connectivity index (χ0) is 24.0. The van der Waals surface area contributed by atoms with Crippen molar-refractivity contribution in [3.8, 4) is 17.2 Å². The van der Waals surface area contributed by atoms with E-state index in [1.54, 1.807) is 74.6 Å². The molecule has 0 heterocycles. The maximum absolute atomic E-state index is 12.8. The van der Waals surface area contributed by atoms with Gasteiger partial charge in [0.15, 0.2) is 0 Å². The fourth-order valence-electron chi connectivity index (χ4n) is 3.21. The molecule has 3 N–H and O–H groups in total. The number of hydrazine groups is 1. The monoisotopic (exact) mass is 443 g/mol. The van der Waals surface area contributed by atoms with Crippen LogP contribution >= 0.6 is 0 Å². The Morgan fingerprint density at radius 3 is 2.21 bits per heavy atom. The molecule has 0 saturated carbocycles. The molecule has 0 unspecified atom stereocenters. The first-order valence-electron chi connectivity index (χ1n) is 10.3. The lowest BCUT2D eigenvalue weighted by Crippen LogP contribution is -2.42. The summed E-state index contributed by atoms with van der Waals surface area (Å²) in [6, 6.07) is 21.2. The van der Waals surface area contributed by atoms with E-state index in [-0.39, 0.29) is 12.5 Å². The summed E-state index contributed by atoms with van der Waals surface area (Å²) in [7, 11) is 3.45. The first kappa shape index (κ1) is 23.3. The van der Waals surface area contributed by atoms with E-state index < -0.39 is 6.09 Å². The number of amides is 2. The summed E-state index contributed by atoms with van der Waals surface area (Å²) in [6.07, 6.45) is -0.507. The molecule has 0 radical (unpaired) electrons. The second kappa shape index (κ2) is 10.3. The molecule has 0 atom stereocenters. The molecule has 0 aliphatic rings. The summed E-state index contributed by atoms with van der Waals surface area (Å²) in [5.41, 5.74) is 10.3. The number of nitrogens with two attached hydrogens (primary N) is 1. The number of benzene rings is 3. The molecular weight excluding hydrogens is 418 g/mol. The Balaban J connectivity index is 1.79. The van der Waals surface area contributed by atoms with E-state index in [1.165, 1.54) is 5.01 Å². The number of nitrogens with one attached hydrogen (secondary N) is 1. The molecule has 0 saturated heterocycles. The minimum atomic E-state index is -0.507. The fraction of sp³-hybridized carbons (Fsp3) is 0.160. The number of carbonyl (C=O) groups is 2. The van der Waals surface area contributed by atoms with Gasteiger partial charge < -0.3 is 15.8 Å². The van der Waals surface area contributed by atoms with Gasteiger partial charge in [-0.2, -0.15) is 5.26 Å².